The number of aromatic nitrogens is 2. The van der Waals surface area contributed by atoms with Crippen LogP contribution in [-0.4, -0.2) is 49.1 Å². The molecule has 0 radical (unpaired) electrons. The highest BCUT2D eigenvalue weighted by Crippen LogP contribution is 2.48. The number of fused-ring (bicyclic) bond motifs is 1. The van der Waals surface area contributed by atoms with E-state index in [2.05, 4.69) is 29.7 Å². The summed E-state index contributed by atoms with van der Waals surface area (Å²) in [5, 5.41) is 1.97. The molecule has 190 valence electrons. The van der Waals surface area contributed by atoms with E-state index in [-0.39, 0.29) is 28.8 Å². The number of nitrogens with one attached hydrogen (secondary N) is 2. The standard InChI is InChI=1S/C22H27F3N6O3S/c1-21(2)19(26)31-22(3,15-5-4-10-28-35(15,21)33)17-13(23)7-9-16(29-17)30-18(32)14-8-6-12(11-27-14)34-20(24)25/h6-9,11,15,20,35H,4-5,10H2,1-3H3,(H2,26,31)(H,28,33)(H,29,30,32)/t15-,22-/m0/s1. The first-order valence-corrected chi connectivity index (χ1v) is 12.8. The molecule has 35 heavy (non-hydrogen) atoms. The number of anilines is 1. The summed E-state index contributed by atoms with van der Waals surface area (Å²) in [4.78, 5) is 25.4. The topological polar surface area (TPSA) is 132 Å². The molecular weight excluding hydrogens is 485 g/mol. The van der Waals surface area contributed by atoms with Gasteiger partial charge in [-0.15, -0.1) is 0 Å². The van der Waals surface area contributed by atoms with Crippen LogP contribution in [0.25, 0.3) is 0 Å². The number of ether oxygens (including phenoxy) is 1. The molecule has 2 aromatic rings. The summed E-state index contributed by atoms with van der Waals surface area (Å²) >= 11 is 0. The Morgan fingerprint density at radius 1 is 1.29 bits per heavy atom. The minimum atomic E-state index is -3.16. The van der Waals surface area contributed by atoms with Crippen LogP contribution in [0, 0.1) is 5.82 Å². The number of rotatable bonds is 5. The fraction of sp³-hybridized carbons (Fsp3) is 0.455. The lowest BCUT2D eigenvalue weighted by Crippen LogP contribution is -2.69. The molecular formula is C22H27F3N6O3S. The first-order chi connectivity index (χ1) is 16.4. The number of halogens is 3. The number of hydrogen-bond donors (Lipinski definition) is 4. The Morgan fingerprint density at radius 3 is 2.69 bits per heavy atom. The molecule has 4 rings (SSSR count). The fourth-order valence-corrected chi connectivity index (χ4v) is 8.34. The van der Waals surface area contributed by atoms with Crippen LogP contribution in [0.5, 0.6) is 5.75 Å². The number of amides is 1. The molecule has 1 amide bonds. The number of nitrogens with two attached hydrogens (primary N) is 1. The minimum absolute atomic E-state index is 0.0135. The lowest BCUT2D eigenvalue weighted by atomic mass is 9.89. The van der Waals surface area contributed by atoms with Crippen molar-refractivity contribution in [2.24, 2.45) is 10.7 Å². The van der Waals surface area contributed by atoms with Crippen molar-refractivity contribution < 1.29 is 26.9 Å². The lowest BCUT2D eigenvalue weighted by Gasteiger charge is -2.55. The van der Waals surface area contributed by atoms with E-state index in [1.807, 2.05) is 0 Å². The van der Waals surface area contributed by atoms with Gasteiger partial charge in [0.1, 0.15) is 40.1 Å². The van der Waals surface area contributed by atoms with Gasteiger partial charge in [0.15, 0.2) is 0 Å². The van der Waals surface area contributed by atoms with E-state index in [0.717, 1.165) is 18.7 Å². The second-order valence-electron chi connectivity index (χ2n) is 9.17. The number of carbonyl (C=O) groups is 1. The monoisotopic (exact) mass is 512 g/mol. The number of pyridine rings is 2. The maximum absolute atomic E-state index is 15.1. The summed E-state index contributed by atoms with van der Waals surface area (Å²) in [6.45, 7) is 2.72. The van der Waals surface area contributed by atoms with Crippen LogP contribution < -0.4 is 20.5 Å². The zero-order valence-corrected chi connectivity index (χ0v) is 20.3. The van der Waals surface area contributed by atoms with Crippen LogP contribution in [0.1, 0.15) is 49.8 Å². The van der Waals surface area contributed by atoms with Gasteiger partial charge >= 0.3 is 6.61 Å². The SMILES string of the molecule is CC1(C)C(N)=N[C@](C)(c2nc(NC(=O)c3ccc(OC(F)F)cn3)ccc2F)[C@@H]2CCCN[SH]21=O. The quantitative estimate of drug-likeness (QED) is 0.456. The Hall–Kier alpha value is -3.06. The fourth-order valence-electron chi connectivity index (χ4n) is 4.63. The smallest absolute Gasteiger partial charge is 0.387 e. The van der Waals surface area contributed by atoms with Gasteiger partial charge in [-0.25, -0.2) is 14.4 Å². The number of amidine groups is 1. The summed E-state index contributed by atoms with van der Waals surface area (Å²) in [5.41, 5.74) is 4.75. The highest BCUT2D eigenvalue weighted by molar-refractivity contribution is 8.04. The van der Waals surface area contributed by atoms with Crippen LogP contribution in [0.4, 0.5) is 19.0 Å². The van der Waals surface area contributed by atoms with Crippen molar-refractivity contribution in [1.82, 2.24) is 14.7 Å². The molecule has 2 aliphatic rings. The second-order valence-corrected chi connectivity index (χ2v) is 12.5. The third-order valence-electron chi connectivity index (χ3n) is 6.66. The van der Waals surface area contributed by atoms with E-state index in [4.69, 9.17) is 5.73 Å². The summed E-state index contributed by atoms with van der Waals surface area (Å²) < 4.78 is 60.4. The molecule has 9 nitrogen and oxygen atoms in total. The molecule has 0 aliphatic carbocycles. The van der Waals surface area contributed by atoms with Gasteiger partial charge in [0.05, 0.1) is 16.2 Å². The van der Waals surface area contributed by atoms with Crippen molar-refractivity contribution in [3.8, 4) is 5.75 Å². The third kappa shape index (κ3) is 4.27. The van der Waals surface area contributed by atoms with Gasteiger partial charge in [-0.05, 0) is 68.0 Å². The van der Waals surface area contributed by atoms with E-state index in [1.165, 1.54) is 18.2 Å². The van der Waals surface area contributed by atoms with E-state index in [0.29, 0.717) is 13.0 Å². The van der Waals surface area contributed by atoms with Crippen LogP contribution in [0.3, 0.4) is 0 Å². The summed E-state index contributed by atoms with van der Waals surface area (Å²) in [5.74, 6) is -1.42. The second kappa shape index (κ2) is 8.86. The molecule has 2 aliphatic heterocycles. The highest BCUT2D eigenvalue weighted by Gasteiger charge is 2.57. The van der Waals surface area contributed by atoms with Crippen LogP contribution in [0.2, 0.25) is 0 Å². The molecule has 0 bridgehead atoms. The maximum Gasteiger partial charge on any atom is 0.387 e. The highest BCUT2D eigenvalue weighted by atomic mass is 32.3. The Morgan fingerprint density at radius 2 is 2.03 bits per heavy atom. The Labute approximate surface area is 201 Å². The number of carbonyl (C=O) groups excluding carboxylic acids is 1. The van der Waals surface area contributed by atoms with Gasteiger partial charge in [-0.1, -0.05) is 0 Å². The van der Waals surface area contributed by atoms with Crippen molar-refractivity contribution >= 4 is 27.7 Å². The number of nitrogens with zero attached hydrogens (tertiary/aromatic N) is 3. The third-order valence-corrected chi connectivity index (χ3v) is 10.9. The van der Waals surface area contributed by atoms with Crippen molar-refractivity contribution in [2.45, 2.75) is 55.8 Å². The molecule has 1 saturated heterocycles. The first-order valence-electron chi connectivity index (χ1n) is 11.0. The number of hydrogen-bond acceptors (Lipinski definition) is 7. The molecule has 2 aromatic heterocycles. The Kier molecular flexibility index (Phi) is 6.34. The molecule has 0 unspecified atom stereocenters. The van der Waals surface area contributed by atoms with Gasteiger partial charge < -0.3 is 15.8 Å². The molecule has 4 N–H and O–H groups in total. The van der Waals surface area contributed by atoms with E-state index < -0.39 is 44.0 Å². The predicted molar refractivity (Wildman–Crippen MR) is 127 cm³/mol. The average molecular weight is 513 g/mol. The molecule has 1 fully saturated rings. The minimum Gasteiger partial charge on any atom is -0.433 e. The molecule has 2 atom stereocenters. The van der Waals surface area contributed by atoms with E-state index in [1.54, 1.807) is 20.8 Å². The van der Waals surface area contributed by atoms with Crippen molar-refractivity contribution in [1.29, 1.82) is 0 Å². The van der Waals surface area contributed by atoms with E-state index >= 15 is 4.39 Å². The van der Waals surface area contributed by atoms with Crippen LogP contribution >= 0.6 is 0 Å². The van der Waals surface area contributed by atoms with E-state index in [9.17, 15) is 17.8 Å². The zero-order chi connectivity index (χ0) is 25.6. The molecule has 0 saturated carbocycles. The summed E-state index contributed by atoms with van der Waals surface area (Å²) in [6.07, 6.45) is 2.25. The van der Waals surface area contributed by atoms with Crippen molar-refractivity contribution in [3.05, 3.63) is 47.7 Å². The maximum atomic E-state index is 15.1. The molecule has 0 spiro atoms. The van der Waals surface area contributed by atoms with Crippen LogP contribution in [-0.2, 0) is 15.7 Å². The van der Waals surface area contributed by atoms with Crippen molar-refractivity contribution in [3.63, 3.8) is 0 Å². The molecule has 4 heterocycles. The van der Waals surface area contributed by atoms with Crippen LogP contribution in [0.15, 0.2) is 35.5 Å². The van der Waals surface area contributed by atoms with Gasteiger partial charge in [0.25, 0.3) is 5.91 Å². The normalized spacial score (nSPS) is 25.8. The van der Waals surface area contributed by atoms with Gasteiger partial charge in [0.2, 0.25) is 0 Å². The van der Waals surface area contributed by atoms with Gasteiger partial charge in [-0.3, -0.25) is 18.7 Å². The van der Waals surface area contributed by atoms with Gasteiger partial charge in [0, 0.05) is 6.54 Å². The molecule has 0 aromatic carbocycles. The Bertz CT molecular complexity index is 1220. The van der Waals surface area contributed by atoms with Gasteiger partial charge in [-0.2, -0.15) is 8.78 Å². The summed E-state index contributed by atoms with van der Waals surface area (Å²) in [6, 6.07) is 4.79. The number of aliphatic imine (C=N–C) groups is 1. The first kappa shape index (κ1) is 25.0. The number of thiol groups is 1. The summed E-state index contributed by atoms with van der Waals surface area (Å²) in [7, 11) is -3.16. The molecule has 13 heteroatoms. The zero-order valence-electron chi connectivity index (χ0n) is 19.4. The average Bonchev–Trinajstić information content (AvgIpc) is 2.79. The predicted octanol–water partition coefficient (Wildman–Crippen LogP) is 2.52. The lowest BCUT2D eigenvalue weighted by molar-refractivity contribution is -0.0500. The largest absolute Gasteiger partial charge is 0.433 e. The van der Waals surface area contributed by atoms with Crippen molar-refractivity contribution in [2.75, 3.05) is 11.9 Å². The Balaban J connectivity index is 1.67. The number of alkyl halides is 2.